The molecule has 1 unspecified atom stereocenters. The van der Waals surface area contributed by atoms with Crippen LogP contribution in [0.4, 0.5) is 11.5 Å². The minimum Gasteiger partial charge on any atom is -0.467 e. The van der Waals surface area contributed by atoms with Crippen LogP contribution in [0, 0.1) is 21.4 Å². The van der Waals surface area contributed by atoms with Gasteiger partial charge in [0.05, 0.1) is 17.2 Å². The molecule has 0 spiro atoms. The van der Waals surface area contributed by atoms with Gasteiger partial charge in [-0.2, -0.15) is 5.26 Å². The number of aromatic nitrogens is 1. The number of nitro groups is 1. The molecular weight excluding hydrogens is 248 g/mol. The van der Waals surface area contributed by atoms with Gasteiger partial charge >= 0.3 is 5.69 Å². The Morgan fingerprint density at radius 3 is 2.95 bits per heavy atom. The fourth-order valence-corrected chi connectivity index (χ4v) is 1.65. The molecule has 1 N–H and O–H groups in total. The molecule has 1 atom stereocenters. The van der Waals surface area contributed by atoms with Gasteiger partial charge in [-0.05, 0) is 25.1 Å². The molecule has 0 saturated carbocycles. The van der Waals surface area contributed by atoms with Crippen molar-refractivity contribution in [3.63, 3.8) is 0 Å². The first-order chi connectivity index (χ1) is 9.13. The zero-order valence-corrected chi connectivity index (χ0v) is 10.0. The molecule has 19 heavy (non-hydrogen) atoms. The number of furan rings is 1. The van der Waals surface area contributed by atoms with Crippen LogP contribution in [0.15, 0.2) is 35.1 Å². The van der Waals surface area contributed by atoms with Gasteiger partial charge in [0, 0.05) is 6.20 Å². The number of anilines is 1. The maximum Gasteiger partial charge on any atom is 0.328 e. The molecule has 0 radical (unpaired) electrons. The van der Waals surface area contributed by atoms with Crippen molar-refractivity contribution in [3.8, 4) is 6.07 Å². The summed E-state index contributed by atoms with van der Waals surface area (Å²) in [4.78, 5) is 14.3. The van der Waals surface area contributed by atoms with E-state index in [0.29, 0.717) is 5.76 Å². The number of pyridine rings is 1. The molecule has 0 saturated heterocycles. The van der Waals surface area contributed by atoms with E-state index >= 15 is 0 Å². The zero-order valence-electron chi connectivity index (χ0n) is 10.0. The Morgan fingerprint density at radius 2 is 2.37 bits per heavy atom. The molecule has 96 valence electrons. The second-order valence-corrected chi connectivity index (χ2v) is 3.81. The lowest BCUT2D eigenvalue weighted by atomic mass is 10.2. The fraction of sp³-hybridized carbons (Fsp3) is 0.167. The Bertz CT molecular complexity index is 631. The molecular formula is C12H10N4O3. The highest BCUT2D eigenvalue weighted by molar-refractivity contribution is 5.64. The molecule has 7 heteroatoms. The number of nitriles is 1. The molecule has 2 aromatic heterocycles. The number of hydrogen-bond donors (Lipinski definition) is 1. The van der Waals surface area contributed by atoms with Gasteiger partial charge in [0.2, 0.25) is 5.82 Å². The highest BCUT2D eigenvalue weighted by Gasteiger charge is 2.23. The van der Waals surface area contributed by atoms with Gasteiger partial charge in [0.15, 0.2) is 0 Å². The molecule has 0 fully saturated rings. The van der Waals surface area contributed by atoms with Gasteiger partial charge in [-0.3, -0.25) is 10.1 Å². The molecule has 0 aromatic carbocycles. The van der Waals surface area contributed by atoms with E-state index in [2.05, 4.69) is 10.3 Å². The van der Waals surface area contributed by atoms with E-state index in [1.165, 1.54) is 18.5 Å². The Kier molecular flexibility index (Phi) is 3.43. The molecule has 2 aromatic rings. The van der Waals surface area contributed by atoms with Crippen LogP contribution in [0.1, 0.15) is 24.3 Å². The van der Waals surface area contributed by atoms with Crippen molar-refractivity contribution in [1.29, 1.82) is 5.26 Å². The summed E-state index contributed by atoms with van der Waals surface area (Å²) in [5.41, 5.74) is -0.363. The molecule has 0 aliphatic heterocycles. The van der Waals surface area contributed by atoms with Gasteiger partial charge in [0.25, 0.3) is 0 Å². The first kappa shape index (κ1) is 12.6. The van der Waals surface area contributed by atoms with Crippen molar-refractivity contribution >= 4 is 11.5 Å². The number of nitrogens with one attached hydrogen (secondary N) is 1. The Labute approximate surface area is 108 Å². The third-order valence-corrected chi connectivity index (χ3v) is 2.55. The van der Waals surface area contributed by atoms with E-state index in [1.807, 2.05) is 0 Å². The maximum atomic E-state index is 11.0. The Hall–Kier alpha value is -2.88. The predicted molar refractivity (Wildman–Crippen MR) is 66.4 cm³/mol. The highest BCUT2D eigenvalue weighted by atomic mass is 16.6. The number of hydrogen-bond acceptors (Lipinski definition) is 6. The van der Waals surface area contributed by atoms with E-state index in [0.717, 1.165) is 0 Å². The zero-order chi connectivity index (χ0) is 13.8. The average Bonchev–Trinajstić information content (AvgIpc) is 2.92. The SMILES string of the molecule is CC(Nc1nccc(C#N)c1[N+](=O)[O-])c1ccco1. The molecule has 2 heterocycles. The van der Waals surface area contributed by atoms with Crippen LogP contribution in [-0.2, 0) is 0 Å². The summed E-state index contributed by atoms with van der Waals surface area (Å²) in [6.07, 6.45) is 2.86. The van der Waals surface area contributed by atoms with Crippen LogP contribution in [0.5, 0.6) is 0 Å². The summed E-state index contributed by atoms with van der Waals surface area (Å²) in [5.74, 6) is 0.673. The van der Waals surface area contributed by atoms with E-state index in [4.69, 9.17) is 9.68 Å². The average molecular weight is 258 g/mol. The minimum atomic E-state index is -0.622. The van der Waals surface area contributed by atoms with Crippen molar-refractivity contribution in [1.82, 2.24) is 4.98 Å². The van der Waals surface area contributed by atoms with Crippen molar-refractivity contribution in [2.75, 3.05) is 5.32 Å². The lowest BCUT2D eigenvalue weighted by molar-refractivity contribution is -0.384. The summed E-state index contributed by atoms with van der Waals surface area (Å²) in [6.45, 7) is 1.78. The van der Waals surface area contributed by atoms with Gasteiger partial charge in [-0.1, -0.05) is 0 Å². The maximum absolute atomic E-state index is 11.0. The second kappa shape index (κ2) is 5.18. The van der Waals surface area contributed by atoms with Crippen LogP contribution in [-0.4, -0.2) is 9.91 Å². The number of rotatable bonds is 4. The molecule has 7 nitrogen and oxygen atoms in total. The summed E-state index contributed by atoms with van der Waals surface area (Å²) in [7, 11) is 0. The van der Waals surface area contributed by atoms with Gasteiger partial charge in [-0.25, -0.2) is 4.98 Å². The van der Waals surface area contributed by atoms with Gasteiger partial charge in [-0.15, -0.1) is 0 Å². The lowest BCUT2D eigenvalue weighted by Crippen LogP contribution is -2.10. The van der Waals surface area contributed by atoms with Crippen LogP contribution >= 0.6 is 0 Å². The first-order valence-corrected chi connectivity index (χ1v) is 5.47. The molecule has 0 amide bonds. The van der Waals surface area contributed by atoms with Crippen LogP contribution in [0.2, 0.25) is 0 Å². The first-order valence-electron chi connectivity index (χ1n) is 5.47. The Morgan fingerprint density at radius 1 is 1.58 bits per heavy atom. The summed E-state index contributed by atoms with van der Waals surface area (Å²) in [6, 6.07) is 6.26. The fourth-order valence-electron chi connectivity index (χ4n) is 1.65. The summed E-state index contributed by atoms with van der Waals surface area (Å²) < 4.78 is 5.20. The monoisotopic (exact) mass is 258 g/mol. The van der Waals surface area contributed by atoms with Crippen molar-refractivity contribution in [2.24, 2.45) is 0 Å². The van der Waals surface area contributed by atoms with Crippen LogP contribution in [0.25, 0.3) is 0 Å². The second-order valence-electron chi connectivity index (χ2n) is 3.81. The quantitative estimate of drug-likeness (QED) is 0.667. The van der Waals surface area contributed by atoms with E-state index < -0.39 is 4.92 Å². The van der Waals surface area contributed by atoms with Crippen LogP contribution in [0.3, 0.4) is 0 Å². The highest BCUT2D eigenvalue weighted by Crippen LogP contribution is 2.28. The minimum absolute atomic E-state index is 0.0332. The van der Waals surface area contributed by atoms with Crippen LogP contribution < -0.4 is 5.32 Å². The summed E-state index contributed by atoms with van der Waals surface area (Å²) in [5, 5.41) is 22.8. The molecule has 0 aliphatic rings. The third kappa shape index (κ3) is 2.52. The van der Waals surface area contributed by atoms with Crippen molar-refractivity contribution < 1.29 is 9.34 Å². The lowest BCUT2D eigenvalue weighted by Gasteiger charge is -2.12. The topological polar surface area (TPSA) is 105 Å². The van der Waals surface area contributed by atoms with E-state index in [1.54, 1.807) is 25.1 Å². The van der Waals surface area contributed by atoms with E-state index in [-0.39, 0.29) is 23.1 Å². The van der Waals surface area contributed by atoms with Gasteiger partial charge < -0.3 is 9.73 Å². The molecule has 2 rings (SSSR count). The molecule has 0 aliphatic carbocycles. The largest absolute Gasteiger partial charge is 0.467 e. The normalized spacial score (nSPS) is 11.6. The molecule has 0 bridgehead atoms. The van der Waals surface area contributed by atoms with Crippen molar-refractivity contribution in [3.05, 3.63) is 52.1 Å². The smallest absolute Gasteiger partial charge is 0.328 e. The summed E-state index contributed by atoms with van der Waals surface area (Å²) >= 11 is 0. The van der Waals surface area contributed by atoms with E-state index in [9.17, 15) is 10.1 Å². The number of nitrogens with zero attached hydrogens (tertiary/aromatic N) is 3. The standard InChI is InChI=1S/C12H10N4O3/c1-8(10-3-2-6-19-10)15-12-11(16(17)18)9(7-13)4-5-14-12/h2-6,8H,1H3,(H,14,15). The third-order valence-electron chi connectivity index (χ3n) is 2.55. The predicted octanol–water partition coefficient (Wildman–Crippen LogP) is 2.63. The van der Waals surface area contributed by atoms with Crippen molar-refractivity contribution in [2.45, 2.75) is 13.0 Å². The van der Waals surface area contributed by atoms with Gasteiger partial charge in [0.1, 0.15) is 17.4 Å². The Balaban J connectivity index is 2.35.